The molecular weight excluding hydrogens is 262 g/mol. The van der Waals surface area contributed by atoms with Crippen LogP contribution in [0.15, 0.2) is 28.8 Å². The second-order valence-electron chi connectivity index (χ2n) is 4.94. The molecule has 0 aliphatic carbocycles. The van der Waals surface area contributed by atoms with E-state index in [2.05, 4.69) is 27.6 Å². The number of rotatable bonds is 2. The molecule has 0 bridgehead atoms. The summed E-state index contributed by atoms with van der Waals surface area (Å²) in [6.07, 6.45) is 1.06. The first-order valence-corrected chi connectivity index (χ1v) is 6.88. The Balaban J connectivity index is 1.90. The van der Waals surface area contributed by atoms with E-state index in [0.717, 1.165) is 30.4 Å². The minimum atomic E-state index is 0.233. The quantitative estimate of drug-likeness (QED) is 0.917. The molecule has 0 amide bonds. The second-order valence-corrected chi connectivity index (χ2v) is 5.37. The average Bonchev–Trinajstić information content (AvgIpc) is 2.86. The van der Waals surface area contributed by atoms with Crippen molar-refractivity contribution < 1.29 is 4.52 Å². The van der Waals surface area contributed by atoms with E-state index in [4.69, 9.17) is 16.1 Å². The van der Waals surface area contributed by atoms with E-state index in [1.54, 1.807) is 0 Å². The zero-order valence-electron chi connectivity index (χ0n) is 10.8. The Morgan fingerprint density at radius 1 is 1.26 bits per heavy atom. The molecule has 2 atom stereocenters. The highest BCUT2D eigenvalue weighted by Crippen LogP contribution is 2.36. The van der Waals surface area contributed by atoms with Gasteiger partial charge in [-0.15, -0.1) is 0 Å². The molecule has 1 saturated heterocycles. The van der Waals surface area contributed by atoms with E-state index >= 15 is 0 Å². The van der Waals surface area contributed by atoms with Crippen molar-refractivity contribution in [2.75, 3.05) is 13.1 Å². The van der Waals surface area contributed by atoms with Crippen LogP contribution < -0.4 is 5.32 Å². The molecule has 19 heavy (non-hydrogen) atoms. The van der Waals surface area contributed by atoms with E-state index in [1.165, 1.54) is 5.56 Å². The fourth-order valence-electron chi connectivity index (χ4n) is 2.69. The lowest BCUT2D eigenvalue weighted by molar-refractivity contribution is 0.299. The van der Waals surface area contributed by atoms with Gasteiger partial charge in [-0.25, -0.2) is 0 Å². The minimum Gasteiger partial charge on any atom is -0.339 e. The molecule has 2 aromatic rings. The number of hydrogen-bond donors (Lipinski definition) is 1. The van der Waals surface area contributed by atoms with Crippen LogP contribution in [0.4, 0.5) is 0 Å². The molecule has 100 valence electrons. The van der Waals surface area contributed by atoms with Crippen molar-refractivity contribution in [1.29, 1.82) is 0 Å². The van der Waals surface area contributed by atoms with Crippen LogP contribution in [-0.4, -0.2) is 23.2 Å². The number of benzene rings is 1. The van der Waals surface area contributed by atoms with Crippen LogP contribution in [0.25, 0.3) is 0 Å². The molecule has 1 aliphatic rings. The molecule has 0 saturated carbocycles. The normalized spacial score (nSPS) is 23.5. The third kappa shape index (κ3) is 2.65. The Labute approximate surface area is 117 Å². The predicted octanol–water partition coefficient (Wildman–Crippen LogP) is 2.89. The van der Waals surface area contributed by atoms with Crippen LogP contribution in [0.5, 0.6) is 0 Å². The zero-order valence-corrected chi connectivity index (χ0v) is 11.5. The van der Waals surface area contributed by atoms with Gasteiger partial charge >= 0.3 is 0 Å². The minimum absolute atomic E-state index is 0.233. The maximum absolute atomic E-state index is 5.95. The Hall–Kier alpha value is -1.39. The number of nitrogens with zero attached hydrogens (tertiary/aromatic N) is 2. The molecule has 3 rings (SSSR count). The van der Waals surface area contributed by atoms with Gasteiger partial charge in [0.05, 0.1) is 5.92 Å². The van der Waals surface area contributed by atoms with E-state index in [-0.39, 0.29) is 5.92 Å². The number of halogens is 1. The Morgan fingerprint density at radius 2 is 2.05 bits per heavy atom. The summed E-state index contributed by atoms with van der Waals surface area (Å²) in [5.41, 5.74) is 1.28. The van der Waals surface area contributed by atoms with Gasteiger partial charge in [-0.2, -0.15) is 4.98 Å². The lowest BCUT2D eigenvalue weighted by Gasteiger charge is -2.30. The largest absolute Gasteiger partial charge is 0.339 e. The summed E-state index contributed by atoms with van der Waals surface area (Å²) in [4.78, 5) is 4.38. The molecule has 1 unspecified atom stereocenters. The summed E-state index contributed by atoms with van der Waals surface area (Å²) in [7, 11) is 0. The Bertz CT molecular complexity index is 552. The Morgan fingerprint density at radius 3 is 2.74 bits per heavy atom. The molecule has 5 heteroatoms. The number of hydrogen-bond acceptors (Lipinski definition) is 4. The zero-order chi connectivity index (χ0) is 13.2. The highest BCUT2D eigenvalue weighted by molar-refractivity contribution is 6.30. The topological polar surface area (TPSA) is 51.0 Å². The lowest BCUT2D eigenvalue weighted by Crippen LogP contribution is -2.34. The van der Waals surface area contributed by atoms with Crippen LogP contribution in [0.3, 0.4) is 0 Å². The summed E-state index contributed by atoms with van der Waals surface area (Å²) < 4.78 is 5.35. The molecule has 0 spiro atoms. The molecule has 2 heterocycles. The summed E-state index contributed by atoms with van der Waals surface area (Å²) in [6, 6.07) is 8.06. The van der Waals surface area contributed by atoms with E-state index in [1.807, 2.05) is 19.1 Å². The van der Waals surface area contributed by atoms with Crippen molar-refractivity contribution in [2.24, 2.45) is 0 Å². The molecule has 1 aromatic heterocycles. The van der Waals surface area contributed by atoms with Gasteiger partial charge in [-0.3, -0.25) is 0 Å². The number of piperidine rings is 1. The lowest BCUT2D eigenvalue weighted by atomic mass is 9.81. The highest BCUT2D eigenvalue weighted by atomic mass is 35.5. The summed E-state index contributed by atoms with van der Waals surface area (Å²) >= 11 is 5.95. The van der Waals surface area contributed by atoms with Crippen molar-refractivity contribution in [2.45, 2.75) is 25.2 Å². The molecule has 1 fully saturated rings. The number of nitrogens with one attached hydrogen (secondary N) is 1. The van der Waals surface area contributed by atoms with Crippen molar-refractivity contribution in [3.8, 4) is 0 Å². The highest BCUT2D eigenvalue weighted by Gasteiger charge is 2.31. The molecular formula is C14H16ClN3O. The van der Waals surface area contributed by atoms with Gasteiger partial charge in [-0.1, -0.05) is 28.9 Å². The van der Waals surface area contributed by atoms with Gasteiger partial charge in [-0.05, 0) is 43.5 Å². The average molecular weight is 278 g/mol. The summed E-state index contributed by atoms with van der Waals surface area (Å²) in [5.74, 6) is 2.05. The van der Waals surface area contributed by atoms with Crippen LogP contribution in [0, 0.1) is 6.92 Å². The van der Waals surface area contributed by atoms with Gasteiger partial charge in [0.2, 0.25) is 5.89 Å². The van der Waals surface area contributed by atoms with Crippen LogP contribution >= 0.6 is 11.6 Å². The number of aryl methyl sites for hydroxylation is 1. The van der Waals surface area contributed by atoms with Gasteiger partial charge in [0, 0.05) is 11.6 Å². The maximum Gasteiger partial charge on any atom is 0.231 e. The fraction of sp³-hybridized carbons (Fsp3) is 0.429. The standard InChI is InChI=1S/C14H16ClN3O/c1-9-17-14(19-18-9)13-8-16-7-6-12(13)10-2-4-11(15)5-3-10/h2-5,12-13,16H,6-8H2,1H3/t12-,13?/m1/s1. The first kappa shape index (κ1) is 12.6. The SMILES string of the molecule is Cc1noc(C2CNCC[C@@H]2c2ccc(Cl)cc2)n1. The monoisotopic (exact) mass is 277 g/mol. The molecule has 1 N–H and O–H groups in total. The summed E-state index contributed by atoms with van der Waals surface area (Å²) in [5, 5.41) is 8.07. The van der Waals surface area contributed by atoms with Crippen LogP contribution in [-0.2, 0) is 0 Å². The number of aromatic nitrogens is 2. The van der Waals surface area contributed by atoms with Gasteiger partial charge < -0.3 is 9.84 Å². The third-order valence-electron chi connectivity index (χ3n) is 3.64. The van der Waals surface area contributed by atoms with Crippen molar-refractivity contribution in [1.82, 2.24) is 15.5 Å². The van der Waals surface area contributed by atoms with Gasteiger partial charge in [0.1, 0.15) is 0 Å². The van der Waals surface area contributed by atoms with Crippen molar-refractivity contribution in [3.63, 3.8) is 0 Å². The maximum atomic E-state index is 5.95. The Kier molecular flexibility index (Phi) is 3.53. The first-order chi connectivity index (χ1) is 9.24. The third-order valence-corrected chi connectivity index (χ3v) is 3.89. The smallest absolute Gasteiger partial charge is 0.231 e. The van der Waals surface area contributed by atoms with Gasteiger partial charge in [0.15, 0.2) is 5.82 Å². The van der Waals surface area contributed by atoms with Gasteiger partial charge in [0.25, 0.3) is 0 Å². The van der Waals surface area contributed by atoms with Crippen molar-refractivity contribution in [3.05, 3.63) is 46.6 Å². The van der Waals surface area contributed by atoms with E-state index < -0.39 is 0 Å². The second kappa shape index (κ2) is 5.31. The van der Waals surface area contributed by atoms with E-state index in [9.17, 15) is 0 Å². The van der Waals surface area contributed by atoms with Crippen LogP contribution in [0.2, 0.25) is 5.02 Å². The molecule has 4 nitrogen and oxygen atoms in total. The summed E-state index contributed by atoms with van der Waals surface area (Å²) in [6.45, 7) is 3.73. The van der Waals surface area contributed by atoms with Crippen molar-refractivity contribution >= 4 is 11.6 Å². The molecule has 0 radical (unpaired) electrons. The predicted molar refractivity (Wildman–Crippen MR) is 73.5 cm³/mol. The van der Waals surface area contributed by atoms with Crippen LogP contribution in [0.1, 0.15) is 35.5 Å². The first-order valence-electron chi connectivity index (χ1n) is 6.50. The molecule has 1 aromatic carbocycles. The van der Waals surface area contributed by atoms with E-state index in [0.29, 0.717) is 11.7 Å². The fourth-order valence-corrected chi connectivity index (χ4v) is 2.82. The molecule has 1 aliphatic heterocycles.